The number of halogens is 2. The highest BCUT2D eigenvalue weighted by Gasteiger charge is 2.10. The van der Waals surface area contributed by atoms with Gasteiger partial charge in [-0.25, -0.2) is 4.39 Å². The van der Waals surface area contributed by atoms with Crippen molar-refractivity contribution in [1.82, 2.24) is 0 Å². The molecule has 0 spiro atoms. The van der Waals surface area contributed by atoms with Crippen LogP contribution >= 0.6 is 0 Å². The minimum atomic E-state index is -0.998. The maximum Gasteiger partial charge on any atom is 0.200 e. The fourth-order valence-corrected chi connectivity index (χ4v) is 1.05. The van der Waals surface area contributed by atoms with Gasteiger partial charge in [0, 0.05) is 7.11 Å². The first-order chi connectivity index (χ1) is 7.15. The van der Waals surface area contributed by atoms with Gasteiger partial charge < -0.3 is 15.2 Å². The summed E-state index contributed by atoms with van der Waals surface area (Å²) < 4.78 is 35.6. The lowest BCUT2D eigenvalue weighted by Crippen LogP contribution is -2.32. The monoisotopic (exact) mass is 217 g/mol. The van der Waals surface area contributed by atoms with Gasteiger partial charge in [-0.3, -0.25) is 0 Å². The predicted molar refractivity (Wildman–Crippen MR) is 51.7 cm³/mol. The molecule has 0 amide bonds. The predicted octanol–water partition coefficient (Wildman–Crippen LogP) is 1.32. The molecule has 84 valence electrons. The molecule has 0 heterocycles. The smallest absolute Gasteiger partial charge is 0.200 e. The number of ether oxygens (including phenoxy) is 2. The summed E-state index contributed by atoms with van der Waals surface area (Å²) in [5, 5.41) is 0. The van der Waals surface area contributed by atoms with Crippen LogP contribution in [0.15, 0.2) is 18.2 Å². The largest absolute Gasteiger partial charge is 0.489 e. The molecule has 0 aliphatic rings. The lowest BCUT2D eigenvalue weighted by atomic mass is 10.3. The molecule has 1 unspecified atom stereocenters. The second-order valence-corrected chi connectivity index (χ2v) is 3.08. The van der Waals surface area contributed by atoms with Gasteiger partial charge in [0.1, 0.15) is 6.61 Å². The van der Waals surface area contributed by atoms with Crippen LogP contribution in [0.1, 0.15) is 0 Å². The Morgan fingerprint density at radius 2 is 2.07 bits per heavy atom. The standard InChI is InChI=1S/C10H13F2NO2/c1-14-5-7(13)6-15-9-4-2-3-8(11)10(9)12/h2-4,7H,5-6,13H2,1H3. The van der Waals surface area contributed by atoms with Gasteiger partial charge in [-0.15, -0.1) is 0 Å². The summed E-state index contributed by atoms with van der Waals surface area (Å²) in [6.45, 7) is 0.380. The summed E-state index contributed by atoms with van der Waals surface area (Å²) >= 11 is 0. The van der Waals surface area contributed by atoms with Crippen LogP contribution in [0.4, 0.5) is 8.78 Å². The van der Waals surface area contributed by atoms with Crippen molar-refractivity contribution < 1.29 is 18.3 Å². The zero-order chi connectivity index (χ0) is 11.3. The van der Waals surface area contributed by atoms with Crippen molar-refractivity contribution in [2.45, 2.75) is 6.04 Å². The molecular formula is C10H13F2NO2. The van der Waals surface area contributed by atoms with Crippen molar-refractivity contribution in [3.8, 4) is 5.75 Å². The third-order valence-electron chi connectivity index (χ3n) is 1.75. The first kappa shape index (κ1) is 11.9. The number of hydrogen-bond donors (Lipinski definition) is 1. The van der Waals surface area contributed by atoms with Gasteiger partial charge in [-0.05, 0) is 12.1 Å². The second kappa shape index (κ2) is 5.63. The summed E-state index contributed by atoms with van der Waals surface area (Å²) in [5.74, 6) is -2.07. The SMILES string of the molecule is COCC(N)COc1cccc(F)c1F. The minimum absolute atomic E-state index is 0.0776. The molecule has 1 aromatic carbocycles. The van der Waals surface area contributed by atoms with E-state index in [0.717, 1.165) is 6.07 Å². The molecule has 0 aliphatic heterocycles. The lowest BCUT2D eigenvalue weighted by Gasteiger charge is -2.12. The van der Waals surface area contributed by atoms with Crippen molar-refractivity contribution in [1.29, 1.82) is 0 Å². The van der Waals surface area contributed by atoms with E-state index in [1.807, 2.05) is 0 Å². The van der Waals surface area contributed by atoms with Crippen LogP contribution < -0.4 is 10.5 Å². The third-order valence-corrected chi connectivity index (χ3v) is 1.75. The maximum absolute atomic E-state index is 13.1. The van der Waals surface area contributed by atoms with Gasteiger partial charge in [0.05, 0.1) is 12.6 Å². The van der Waals surface area contributed by atoms with E-state index in [4.69, 9.17) is 15.2 Å². The Hall–Kier alpha value is -1.20. The molecule has 0 radical (unpaired) electrons. The van der Waals surface area contributed by atoms with Crippen molar-refractivity contribution >= 4 is 0 Å². The van der Waals surface area contributed by atoms with E-state index in [1.165, 1.54) is 19.2 Å². The minimum Gasteiger partial charge on any atom is -0.489 e. The van der Waals surface area contributed by atoms with Crippen LogP contribution in [0.25, 0.3) is 0 Å². The molecule has 0 aliphatic carbocycles. The van der Waals surface area contributed by atoms with E-state index in [2.05, 4.69) is 0 Å². The molecule has 0 fully saturated rings. The number of rotatable bonds is 5. The molecule has 5 heteroatoms. The number of methoxy groups -OCH3 is 1. The number of benzene rings is 1. The Labute approximate surface area is 86.8 Å². The van der Waals surface area contributed by atoms with E-state index in [9.17, 15) is 8.78 Å². The fourth-order valence-electron chi connectivity index (χ4n) is 1.05. The molecule has 1 aromatic rings. The zero-order valence-corrected chi connectivity index (χ0v) is 8.37. The quantitative estimate of drug-likeness (QED) is 0.808. The summed E-state index contributed by atoms with van der Waals surface area (Å²) in [5.41, 5.74) is 5.55. The van der Waals surface area contributed by atoms with E-state index >= 15 is 0 Å². The van der Waals surface area contributed by atoms with Crippen molar-refractivity contribution in [2.75, 3.05) is 20.3 Å². The van der Waals surface area contributed by atoms with Gasteiger partial charge >= 0.3 is 0 Å². The average molecular weight is 217 g/mol. The normalized spacial score (nSPS) is 12.5. The Morgan fingerprint density at radius 3 is 2.73 bits per heavy atom. The van der Waals surface area contributed by atoms with Crippen molar-refractivity contribution in [3.63, 3.8) is 0 Å². The Bertz CT molecular complexity index is 320. The Kier molecular flexibility index (Phi) is 4.45. The van der Waals surface area contributed by atoms with Gasteiger partial charge in [0.15, 0.2) is 11.6 Å². The van der Waals surface area contributed by atoms with Gasteiger partial charge in [0.2, 0.25) is 5.82 Å². The van der Waals surface area contributed by atoms with Gasteiger partial charge in [-0.2, -0.15) is 4.39 Å². The van der Waals surface area contributed by atoms with E-state index < -0.39 is 11.6 Å². The molecule has 3 nitrogen and oxygen atoms in total. The summed E-state index contributed by atoms with van der Waals surface area (Å²) in [4.78, 5) is 0. The lowest BCUT2D eigenvalue weighted by molar-refractivity contribution is 0.150. The molecule has 0 aromatic heterocycles. The van der Waals surface area contributed by atoms with Crippen molar-refractivity contribution in [2.24, 2.45) is 5.73 Å². The first-order valence-corrected chi connectivity index (χ1v) is 4.46. The van der Waals surface area contributed by atoms with Gasteiger partial charge in [0.25, 0.3) is 0 Å². The van der Waals surface area contributed by atoms with E-state index in [0.29, 0.717) is 6.61 Å². The summed E-state index contributed by atoms with van der Waals surface area (Å²) in [6.07, 6.45) is 0. The fraction of sp³-hybridized carbons (Fsp3) is 0.400. The molecular weight excluding hydrogens is 204 g/mol. The van der Waals surface area contributed by atoms with Crippen LogP contribution in [0.2, 0.25) is 0 Å². The number of nitrogens with two attached hydrogens (primary N) is 1. The summed E-state index contributed by atoms with van der Waals surface area (Å²) in [7, 11) is 1.50. The second-order valence-electron chi connectivity index (χ2n) is 3.08. The first-order valence-electron chi connectivity index (χ1n) is 4.46. The van der Waals surface area contributed by atoms with Crippen molar-refractivity contribution in [3.05, 3.63) is 29.8 Å². The molecule has 1 rings (SSSR count). The highest BCUT2D eigenvalue weighted by Crippen LogP contribution is 2.18. The molecule has 0 saturated heterocycles. The van der Waals surface area contributed by atoms with Crippen LogP contribution in [0.5, 0.6) is 5.75 Å². The molecule has 2 N–H and O–H groups in total. The van der Waals surface area contributed by atoms with Crippen LogP contribution in [-0.4, -0.2) is 26.4 Å². The van der Waals surface area contributed by atoms with E-state index in [-0.39, 0.29) is 18.4 Å². The highest BCUT2D eigenvalue weighted by molar-refractivity contribution is 5.25. The molecule has 0 saturated carbocycles. The highest BCUT2D eigenvalue weighted by atomic mass is 19.2. The third kappa shape index (κ3) is 3.45. The summed E-state index contributed by atoms with van der Waals surface area (Å²) in [6, 6.07) is 3.38. The maximum atomic E-state index is 13.1. The topological polar surface area (TPSA) is 44.5 Å². The Balaban J connectivity index is 2.54. The van der Waals surface area contributed by atoms with E-state index in [1.54, 1.807) is 0 Å². The molecule has 1 atom stereocenters. The Morgan fingerprint density at radius 1 is 1.33 bits per heavy atom. The van der Waals surface area contributed by atoms with Crippen LogP contribution in [0.3, 0.4) is 0 Å². The van der Waals surface area contributed by atoms with Crippen LogP contribution in [0, 0.1) is 11.6 Å². The molecule has 15 heavy (non-hydrogen) atoms. The average Bonchev–Trinajstić information content (AvgIpc) is 2.21. The zero-order valence-electron chi connectivity index (χ0n) is 8.37. The number of hydrogen-bond acceptors (Lipinski definition) is 3. The van der Waals surface area contributed by atoms with Crippen LogP contribution in [-0.2, 0) is 4.74 Å². The van der Waals surface area contributed by atoms with Gasteiger partial charge in [-0.1, -0.05) is 6.07 Å². The molecule has 0 bridgehead atoms.